The fourth-order valence-corrected chi connectivity index (χ4v) is 0.174. The molecule has 2 N–H and O–H groups in total. The highest BCUT2D eigenvalue weighted by molar-refractivity contribution is 6.36. The Morgan fingerprint density at radius 3 is 2.20 bits per heavy atom. The van der Waals surface area contributed by atoms with Crippen LogP contribution in [0, 0.1) is 22.7 Å². The van der Waals surface area contributed by atoms with Gasteiger partial charge in [0.1, 0.15) is 5.71 Å². The molecular formula is C5H3F3N2. The summed E-state index contributed by atoms with van der Waals surface area (Å²) in [6, 6.07) is 0. The average molecular weight is 148 g/mol. The van der Waals surface area contributed by atoms with Crippen LogP contribution in [0.4, 0.5) is 13.2 Å². The molecule has 0 radical (unpaired) electrons. The van der Waals surface area contributed by atoms with E-state index in [0.29, 0.717) is 6.21 Å². The van der Waals surface area contributed by atoms with Gasteiger partial charge in [0.2, 0.25) is 0 Å². The Morgan fingerprint density at radius 1 is 1.40 bits per heavy atom. The molecule has 0 fully saturated rings. The van der Waals surface area contributed by atoms with Gasteiger partial charge >= 0.3 is 6.18 Å². The van der Waals surface area contributed by atoms with Gasteiger partial charge in [-0.05, 0) is 5.92 Å². The quantitative estimate of drug-likeness (QED) is 0.415. The SMILES string of the molecule is N=CC(=N)C#CC(F)(F)F. The molecule has 0 aliphatic heterocycles. The van der Waals surface area contributed by atoms with Crippen LogP contribution in [0.5, 0.6) is 0 Å². The normalized spacial score (nSPS) is 9.50. The lowest BCUT2D eigenvalue weighted by Crippen LogP contribution is -2.03. The summed E-state index contributed by atoms with van der Waals surface area (Å²) < 4.78 is 33.6. The Kier molecular flexibility index (Phi) is 2.62. The number of rotatable bonds is 1. The number of halogens is 3. The second-order valence-corrected chi connectivity index (χ2v) is 1.31. The molecule has 0 aromatic carbocycles. The van der Waals surface area contributed by atoms with E-state index in [9.17, 15) is 13.2 Å². The Morgan fingerprint density at radius 2 is 1.90 bits per heavy atom. The minimum Gasteiger partial charge on any atom is -0.306 e. The van der Waals surface area contributed by atoms with Gasteiger partial charge < -0.3 is 5.41 Å². The van der Waals surface area contributed by atoms with Gasteiger partial charge in [0.05, 0.1) is 6.21 Å². The smallest absolute Gasteiger partial charge is 0.306 e. The topological polar surface area (TPSA) is 47.7 Å². The van der Waals surface area contributed by atoms with Crippen LogP contribution in [-0.2, 0) is 0 Å². The van der Waals surface area contributed by atoms with E-state index in [4.69, 9.17) is 10.8 Å². The van der Waals surface area contributed by atoms with Crippen molar-refractivity contribution in [3.8, 4) is 11.8 Å². The maximum Gasteiger partial charge on any atom is 0.458 e. The number of alkyl halides is 3. The third-order valence-corrected chi connectivity index (χ3v) is 0.483. The predicted octanol–water partition coefficient (Wildman–Crippen LogP) is 1.22. The summed E-state index contributed by atoms with van der Waals surface area (Å²) in [5, 5.41) is 12.8. The molecule has 0 aromatic rings. The van der Waals surface area contributed by atoms with Gasteiger partial charge in [0, 0.05) is 5.92 Å². The van der Waals surface area contributed by atoms with Crippen molar-refractivity contribution < 1.29 is 13.2 Å². The lowest BCUT2D eigenvalue weighted by atomic mass is 10.4. The molecule has 0 aliphatic rings. The van der Waals surface area contributed by atoms with Gasteiger partial charge in [-0.3, -0.25) is 5.41 Å². The summed E-state index contributed by atoms with van der Waals surface area (Å²) in [5.74, 6) is 2.28. The van der Waals surface area contributed by atoms with Crippen molar-refractivity contribution in [2.24, 2.45) is 0 Å². The lowest BCUT2D eigenvalue weighted by Gasteiger charge is -1.90. The molecule has 0 heterocycles. The summed E-state index contributed by atoms with van der Waals surface area (Å²) in [7, 11) is 0. The van der Waals surface area contributed by atoms with Crippen molar-refractivity contribution in [3.05, 3.63) is 0 Å². The van der Waals surface area contributed by atoms with Crippen molar-refractivity contribution >= 4 is 11.9 Å². The minimum absolute atomic E-state index is 0.443. The molecule has 54 valence electrons. The molecule has 0 amide bonds. The van der Waals surface area contributed by atoms with Crippen molar-refractivity contribution in [3.63, 3.8) is 0 Å². The molecule has 0 rings (SSSR count). The van der Waals surface area contributed by atoms with Gasteiger partial charge in [-0.15, -0.1) is 0 Å². The van der Waals surface area contributed by atoms with E-state index in [1.165, 1.54) is 5.92 Å². The molecule has 0 bridgehead atoms. The first kappa shape index (κ1) is 8.69. The Labute approximate surface area is 55.1 Å². The van der Waals surface area contributed by atoms with Crippen LogP contribution in [0.1, 0.15) is 0 Å². The predicted molar refractivity (Wildman–Crippen MR) is 30.3 cm³/mol. The third-order valence-electron chi connectivity index (χ3n) is 0.483. The van der Waals surface area contributed by atoms with Crippen molar-refractivity contribution in [1.82, 2.24) is 0 Å². The van der Waals surface area contributed by atoms with Crippen LogP contribution in [0.15, 0.2) is 0 Å². The lowest BCUT2D eigenvalue weighted by molar-refractivity contribution is -0.0696. The molecule has 0 atom stereocenters. The third kappa shape index (κ3) is 4.84. The van der Waals surface area contributed by atoms with Gasteiger partial charge in [-0.2, -0.15) is 13.2 Å². The molecule has 0 spiro atoms. The molecule has 5 heteroatoms. The van der Waals surface area contributed by atoms with E-state index in [1.54, 1.807) is 0 Å². The summed E-state index contributed by atoms with van der Waals surface area (Å²) in [6.07, 6.45) is -4.13. The Hall–Kier alpha value is -1.31. The van der Waals surface area contributed by atoms with Crippen LogP contribution in [-0.4, -0.2) is 18.1 Å². The van der Waals surface area contributed by atoms with Gasteiger partial charge in [0.25, 0.3) is 0 Å². The van der Waals surface area contributed by atoms with Crippen LogP contribution in [0.3, 0.4) is 0 Å². The van der Waals surface area contributed by atoms with Gasteiger partial charge in [0.15, 0.2) is 0 Å². The van der Waals surface area contributed by atoms with Crippen LogP contribution >= 0.6 is 0 Å². The number of nitrogens with one attached hydrogen (secondary N) is 2. The molecule has 2 nitrogen and oxygen atoms in total. The molecule has 0 aliphatic carbocycles. The molecule has 0 saturated carbocycles. The maximum atomic E-state index is 11.2. The van der Waals surface area contributed by atoms with Crippen LogP contribution in [0.2, 0.25) is 0 Å². The maximum absolute atomic E-state index is 11.2. The molecular weight excluding hydrogens is 145 g/mol. The van der Waals surface area contributed by atoms with E-state index in [1.807, 2.05) is 0 Å². The van der Waals surface area contributed by atoms with Crippen LogP contribution in [0.25, 0.3) is 0 Å². The zero-order chi connectivity index (χ0) is 8.20. The highest BCUT2D eigenvalue weighted by atomic mass is 19.4. The second-order valence-electron chi connectivity index (χ2n) is 1.31. The number of hydrogen-bond donors (Lipinski definition) is 2. The second kappa shape index (κ2) is 3.01. The fourth-order valence-electron chi connectivity index (χ4n) is 0.174. The van der Waals surface area contributed by atoms with E-state index in [2.05, 4.69) is 0 Å². The molecule has 10 heavy (non-hydrogen) atoms. The monoisotopic (exact) mass is 148 g/mol. The Balaban J connectivity index is 4.18. The first-order valence-electron chi connectivity index (χ1n) is 2.14. The largest absolute Gasteiger partial charge is 0.458 e. The first-order chi connectivity index (χ1) is 4.45. The zero-order valence-electron chi connectivity index (χ0n) is 4.71. The summed E-state index contributed by atoms with van der Waals surface area (Å²) in [6.45, 7) is 0. The molecule has 0 unspecified atom stereocenters. The average Bonchev–Trinajstić information content (AvgIpc) is 1.81. The standard InChI is InChI=1S/C5H3F3N2/c6-5(7,8)2-1-4(10)3-9/h3,9-10H. The Bertz CT molecular complexity index is 205. The number of hydrogen-bond acceptors (Lipinski definition) is 2. The van der Waals surface area contributed by atoms with E-state index in [-0.39, 0.29) is 0 Å². The summed E-state index contributed by atoms with van der Waals surface area (Å²) in [4.78, 5) is 0. The fraction of sp³-hybridized carbons (Fsp3) is 0.200. The van der Waals surface area contributed by atoms with Crippen molar-refractivity contribution in [2.75, 3.05) is 0 Å². The van der Waals surface area contributed by atoms with E-state index in [0.717, 1.165) is 5.92 Å². The summed E-state index contributed by atoms with van der Waals surface area (Å²) >= 11 is 0. The van der Waals surface area contributed by atoms with Gasteiger partial charge in [-0.25, -0.2) is 0 Å². The minimum atomic E-state index is -4.57. The van der Waals surface area contributed by atoms with E-state index < -0.39 is 11.9 Å². The van der Waals surface area contributed by atoms with Gasteiger partial charge in [-0.1, -0.05) is 0 Å². The molecule has 0 saturated heterocycles. The first-order valence-corrected chi connectivity index (χ1v) is 2.14. The van der Waals surface area contributed by atoms with Crippen molar-refractivity contribution in [1.29, 1.82) is 10.8 Å². The zero-order valence-corrected chi connectivity index (χ0v) is 4.71. The highest BCUT2D eigenvalue weighted by Gasteiger charge is 2.22. The van der Waals surface area contributed by atoms with E-state index >= 15 is 0 Å². The summed E-state index contributed by atoms with van der Waals surface area (Å²) in [5.41, 5.74) is -0.655. The van der Waals surface area contributed by atoms with Crippen LogP contribution < -0.4 is 0 Å². The molecule has 0 aromatic heterocycles. The highest BCUT2D eigenvalue weighted by Crippen LogP contribution is 2.11. The van der Waals surface area contributed by atoms with Crippen molar-refractivity contribution in [2.45, 2.75) is 6.18 Å².